The number of hydrogen-bond donors (Lipinski definition) is 0. The Bertz CT molecular complexity index is 162. The van der Waals surface area contributed by atoms with E-state index < -0.39 is 0 Å². The van der Waals surface area contributed by atoms with Gasteiger partial charge in [-0.05, 0) is 6.42 Å². The summed E-state index contributed by atoms with van der Waals surface area (Å²) < 4.78 is 4.54. The van der Waals surface area contributed by atoms with Crippen LogP contribution in [0.5, 0.6) is 0 Å². The first-order valence-electron chi connectivity index (χ1n) is 3.87. The highest BCUT2D eigenvalue weighted by atomic mass is 35.5. The third-order valence-corrected chi connectivity index (χ3v) is 1.44. The van der Waals surface area contributed by atoms with Crippen LogP contribution in [0.3, 0.4) is 0 Å². The highest BCUT2D eigenvalue weighted by Gasteiger charge is 1.99. The molecule has 0 radical (unpaired) electrons. The summed E-state index contributed by atoms with van der Waals surface area (Å²) in [6.45, 7) is 2.07. The van der Waals surface area contributed by atoms with Gasteiger partial charge >= 0.3 is 5.97 Å². The minimum atomic E-state index is -0.290. The van der Waals surface area contributed by atoms with Crippen molar-refractivity contribution in [3.05, 3.63) is 10.8 Å². The van der Waals surface area contributed by atoms with Gasteiger partial charge < -0.3 is 4.74 Å². The molecule has 0 saturated heterocycles. The van der Waals surface area contributed by atoms with E-state index in [1.807, 2.05) is 0 Å². The van der Waals surface area contributed by atoms with E-state index >= 15 is 0 Å². The third kappa shape index (κ3) is 7.89. The maximum absolute atomic E-state index is 10.8. The largest absolute Gasteiger partial charge is 0.432 e. The third-order valence-electron chi connectivity index (χ3n) is 1.26. The summed E-state index contributed by atoms with van der Waals surface area (Å²) in [6.07, 6.45) is 4.43. The summed E-state index contributed by atoms with van der Waals surface area (Å²) in [5, 5.41) is 0. The van der Waals surface area contributed by atoms with E-state index in [2.05, 4.69) is 11.7 Å². The molecule has 70 valence electrons. The van der Waals surface area contributed by atoms with Gasteiger partial charge in [-0.2, -0.15) is 0 Å². The molecule has 12 heavy (non-hydrogen) atoms. The zero-order valence-corrected chi connectivity index (χ0v) is 8.49. The number of carbonyl (C=O) groups is 1. The first kappa shape index (κ1) is 11.8. The molecule has 0 aromatic carbocycles. The van der Waals surface area contributed by atoms with Crippen molar-refractivity contribution in [2.45, 2.75) is 32.6 Å². The van der Waals surface area contributed by atoms with Gasteiger partial charge in [0.15, 0.2) is 0 Å². The van der Waals surface area contributed by atoms with Crippen LogP contribution >= 0.6 is 23.2 Å². The summed E-state index contributed by atoms with van der Waals surface area (Å²) >= 11 is 10.5. The Kier molecular flexibility index (Phi) is 7.31. The Hall–Kier alpha value is -0.210. The summed E-state index contributed by atoms with van der Waals surface area (Å²) in [6, 6.07) is 0. The number of unbranched alkanes of at least 4 members (excludes halogenated alkanes) is 2. The molecule has 0 amide bonds. The molecule has 0 aliphatic heterocycles. The number of ether oxygens (including phenoxy) is 1. The lowest BCUT2D eigenvalue weighted by Crippen LogP contribution is -1.98. The van der Waals surface area contributed by atoms with Crippen LogP contribution in [-0.2, 0) is 9.53 Å². The van der Waals surface area contributed by atoms with Crippen molar-refractivity contribution in [3.63, 3.8) is 0 Å². The van der Waals surface area contributed by atoms with E-state index in [1.54, 1.807) is 0 Å². The minimum Gasteiger partial charge on any atom is -0.432 e. The normalized spacial score (nSPS) is 9.25. The fourth-order valence-corrected chi connectivity index (χ4v) is 0.778. The lowest BCUT2D eigenvalue weighted by molar-refractivity contribution is -0.138. The second-order valence-electron chi connectivity index (χ2n) is 2.35. The monoisotopic (exact) mass is 210 g/mol. The maximum atomic E-state index is 10.8. The minimum absolute atomic E-state index is 0.0427. The Morgan fingerprint density at radius 3 is 2.58 bits per heavy atom. The van der Waals surface area contributed by atoms with Gasteiger partial charge in [-0.25, -0.2) is 0 Å². The fraction of sp³-hybridized carbons (Fsp3) is 0.625. The molecule has 0 atom stereocenters. The Labute approximate surface area is 82.5 Å². The summed E-state index contributed by atoms with van der Waals surface area (Å²) in [7, 11) is 0. The second kappa shape index (κ2) is 7.44. The zero-order valence-electron chi connectivity index (χ0n) is 6.98. The molecule has 0 fully saturated rings. The van der Waals surface area contributed by atoms with Crippen molar-refractivity contribution < 1.29 is 9.53 Å². The Morgan fingerprint density at radius 2 is 2.08 bits per heavy atom. The first-order chi connectivity index (χ1) is 5.66. The van der Waals surface area contributed by atoms with E-state index in [0.717, 1.165) is 25.5 Å². The molecule has 0 saturated carbocycles. The van der Waals surface area contributed by atoms with Crippen LogP contribution in [0.15, 0.2) is 10.8 Å². The van der Waals surface area contributed by atoms with Gasteiger partial charge in [-0.1, -0.05) is 43.0 Å². The lowest BCUT2D eigenvalue weighted by Gasteiger charge is -1.97. The highest BCUT2D eigenvalue weighted by Crippen LogP contribution is 2.07. The fourth-order valence-electron chi connectivity index (χ4n) is 0.689. The van der Waals surface area contributed by atoms with Crippen LogP contribution < -0.4 is 0 Å². The van der Waals surface area contributed by atoms with Crippen LogP contribution in [0.4, 0.5) is 0 Å². The van der Waals surface area contributed by atoms with Crippen LogP contribution in [-0.4, -0.2) is 5.97 Å². The molecule has 0 heterocycles. The molecule has 0 unspecified atom stereocenters. The number of halogens is 2. The van der Waals surface area contributed by atoms with Crippen molar-refractivity contribution >= 4 is 29.2 Å². The predicted molar refractivity (Wildman–Crippen MR) is 50.0 cm³/mol. The number of hydrogen-bond acceptors (Lipinski definition) is 2. The topological polar surface area (TPSA) is 26.3 Å². The Balaban J connectivity index is 3.41. The highest BCUT2D eigenvalue weighted by molar-refractivity contribution is 6.55. The molecule has 0 N–H and O–H groups in total. The molecule has 0 aromatic heterocycles. The summed E-state index contributed by atoms with van der Waals surface area (Å²) in [5.41, 5.74) is 0. The maximum Gasteiger partial charge on any atom is 0.310 e. The quantitative estimate of drug-likeness (QED) is 0.395. The molecular weight excluding hydrogens is 199 g/mol. The van der Waals surface area contributed by atoms with Gasteiger partial charge in [0, 0.05) is 6.42 Å². The van der Waals surface area contributed by atoms with Gasteiger partial charge in [-0.3, -0.25) is 4.79 Å². The molecule has 0 aliphatic rings. The van der Waals surface area contributed by atoms with E-state index in [4.69, 9.17) is 23.2 Å². The summed E-state index contributed by atoms with van der Waals surface area (Å²) in [5.74, 6) is -0.290. The van der Waals surface area contributed by atoms with Gasteiger partial charge in [0.05, 0.1) is 0 Å². The molecule has 0 aromatic rings. The first-order valence-corrected chi connectivity index (χ1v) is 4.63. The molecule has 0 bridgehead atoms. The smallest absolute Gasteiger partial charge is 0.310 e. The van der Waals surface area contributed by atoms with Crippen LogP contribution in [0, 0.1) is 0 Å². The van der Waals surface area contributed by atoms with E-state index in [0.29, 0.717) is 6.42 Å². The molecule has 0 spiro atoms. The molecular formula is C8H12Cl2O2. The van der Waals surface area contributed by atoms with Crippen LogP contribution in [0.1, 0.15) is 32.6 Å². The van der Waals surface area contributed by atoms with Crippen molar-refractivity contribution in [1.29, 1.82) is 0 Å². The SMILES string of the molecule is CCCCCC(=O)OC=C(Cl)Cl. The van der Waals surface area contributed by atoms with Crippen molar-refractivity contribution in [1.82, 2.24) is 0 Å². The number of rotatable bonds is 5. The number of carbonyl (C=O) groups excluding carboxylic acids is 1. The van der Waals surface area contributed by atoms with Gasteiger partial charge in [0.1, 0.15) is 10.8 Å². The average molecular weight is 211 g/mol. The lowest BCUT2D eigenvalue weighted by atomic mass is 10.2. The molecule has 0 rings (SSSR count). The van der Waals surface area contributed by atoms with Crippen LogP contribution in [0.2, 0.25) is 0 Å². The van der Waals surface area contributed by atoms with E-state index in [-0.39, 0.29) is 10.5 Å². The predicted octanol–water partition coefficient (Wildman–Crippen LogP) is 3.39. The van der Waals surface area contributed by atoms with E-state index in [1.165, 1.54) is 0 Å². The molecule has 2 nitrogen and oxygen atoms in total. The standard InChI is InChI=1S/C8H12Cl2O2/c1-2-3-4-5-8(11)12-6-7(9)10/h6H,2-5H2,1H3. The van der Waals surface area contributed by atoms with Crippen molar-refractivity contribution in [2.24, 2.45) is 0 Å². The molecule has 4 heteroatoms. The van der Waals surface area contributed by atoms with Crippen molar-refractivity contribution in [2.75, 3.05) is 0 Å². The van der Waals surface area contributed by atoms with Gasteiger partial charge in [0.2, 0.25) is 0 Å². The summed E-state index contributed by atoms with van der Waals surface area (Å²) in [4.78, 5) is 10.8. The average Bonchev–Trinajstić information content (AvgIpc) is 2.01. The Morgan fingerprint density at radius 1 is 1.42 bits per heavy atom. The number of esters is 1. The second-order valence-corrected chi connectivity index (χ2v) is 3.36. The van der Waals surface area contributed by atoms with E-state index in [9.17, 15) is 4.79 Å². The van der Waals surface area contributed by atoms with Crippen LogP contribution in [0.25, 0.3) is 0 Å². The van der Waals surface area contributed by atoms with Crippen molar-refractivity contribution in [3.8, 4) is 0 Å². The van der Waals surface area contributed by atoms with Gasteiger partial charge in [-0.15, -0.1) is 0 Å². The zero-order chi connectivity index (χ0) is 9.40. The van der Waals surface area contributed by atoms with Gasteiger partial charge in [0.25, 0.3) is 0 Å². The molecule has 0 aliphatic carbocycles.